The summed E-state index contributed by atoms with van der Waals surface area (Å²) in [5.41, 5.74) is 6.18. The minimum absolute atomic E-state index is 0.250. The number of hydrogen-bond acceptors (Lipinski definition) is 5. The Kier molecular flexibility index (Phi) is 8.77. The molecule has 0 radical (unpaired) electrons. The lowest BCUT2D eigenvalue weighted by atomic mass is 10.3. The van der Waals surface area contributed by atoms with Gasteiger partial charge in [0, 0.05) is 12.1 Å². The fourth-order valence-electron chi connectivity index (χ4n) is 1.15. The highest BCUT2D eigenvalue weighted by Crippen LogP contribution is 1.96. The highest BCUT2D eigenvalue weighted by molar-refractivity contribution is 7.85. The predicted molar refractivity (Wildman–Crippen MR) is 76.5 cm³/mol. The van der Waals surface area contributed by atoms with Crippen LogP contribution in [0.3, 0.4) is 0 Å². The van der Waals surface area contributed by atoms with Gasteiger partial charge in [-0.25, -0.2) is 0 Å². The summed E-state index contributed by atoms with van der Waals surface area (Å²) in [6.07, 6.45) is 0.657. The minimum atomic E-state index is -3.91. The topological polar surface area (TPSA) is 118 Å². The highest BCUT2D eigenvalue weighted by atomic mass is 32.2. The van der Waals surface area contributed by atoms with Crippen LogP contribution in [0.15, 0.2) is 30.3 Å². The van der Waals surface area contributed by atoms with Gasteiger partial charge in [-0.3, -0.25) is 4.55 Å². The van der Waals surface area contributed by atoms with E-state index in [1.807, 2.05) is 30.3 Å². The van der Waals surface area contributed by atoms with Crippen molar-refractivity contribution >= 4 is 26.3 Å². The van der Waals surface area contributed by atoms with Crippen molar-refractivity contribution < 1.29 is 25.3 Å². The SMILES string of the molecule is C[N+](CCCCS(=O)(=O)O)=S(=O)=O.Nc1ccccc1. The lowest BCUT2D eigenvalue weighted by molar-refractivity contribution is -0.472. The summed E-state index contributed by atoms with van der Waals surface area (Å²) in [7, 11) is -4.79. The maximum atomic E-state index is 10.2. The molecule has 0 unspecified atom stereocenters. The molecule has 114 valence electrons. The summed E-state index contributed by atoms with van der Waals surface area (Å²) in [6.45, 7) is 0.256. The molecule has 3 N–H and O–H groups in total. The minimum Gasteiger partial charge on any atom is -0.399 e. The van der Waals surface area contributed by atoms with Gasteiger partial charge in [0.1, 0.15) is 0 Å². The summed E-state index contributed by atoms with van der Waals surface area (Å²) in [4.78, 5) is 0. The van der Waals surface area contributed by atoms with E-state index in [0.29, 0.717) is 6.42 Å². The van der Waals surface area contributed by atoms with Gasteiger partial charge in [-0.05, 0) is 18.6 Å². The average Bonchev–Trinajstić information content (AvgIpc) is 2.35. The molecule has 0 aromatic heterocycles. The zero-order valence-electron chi connectivity index (χ0n) is 11.1. The molecular weight excluding hydrogens is 304 g/mol. The molecule has 0 aliphatic heterocycles. The third-order valence-electron chi connectivity index (χ3n) is 2.18. The molecule has 1 rings (SSSR count). The van der Waals surface area contributed by atoms with E-state index in [2.05, 4.69) is 0 Å². The average molecular weight is 323 g/mol. The van der Waals surface area contributed by atoms with Gasteiger partial charge in [0.05, 0.1) is 5.75 Å². The Balaban J connectivity index is 0.000000428. The predicted octanol–water partition coefficient (Wildman–Crippen LogP) is 0.628. The summed E-state index contributed by atoms with van der Waals surface area (Å²) >= 11 is 0. The zero-order valence-corrected chi connectivity index (χ0v) is 12.8. The Bertz CT molecular complexity index is 616. The Hall–Kier alpha value is -1.45. The van der Waals surface area contributed by atoms with Crippen molar-refractivity contribution in [2.45, 2.75) is 12.8 Å². The fourth-order valence-corrected chi connectivity index (χ4v) is 1.99. The van der Waals surface area contributed by atoms with Crippen molar-refractivity contribution in [1.29, 1.82) is 0 Å². The molecule has 0 atom stereocenters. The second kappa shape index (κ2) is 9.45. The molecule has 0 amide bonds. The second-order valence-corrected chi connectivity index (χ2v) is 6.60. The van der Waals surface area contributed by atoms with E-state index < -0.39 is 20.6 Å². The van der Waals surface area contributed by atoms with Crippen LogP contribution in [0.5, 0.6) is 0 Å². The normalized spacial score (nSPS) is 10.3. The van der Waals surface area contributed by atoms with Crippen LogP contribution in [0.4, 0.5) is 5.69 Å². The lowest BCUT2D eigenvalue weighted by Crippen LogP contribution is -2.09. The van der Waals surface area contributed by atoms with Crippen LogP contribution in [-0.2, 0) is 20.6 Å². The molecule has 20 heavy (non-hydrogen) atoms. The Morgan fingerprint density at radius 2 is 1.75 bits per heavy atom. The first-order chi connectivity index (χ1) is 9.22. The summed E-state index contributed by atoms with van der Waals surface area (Å²) in [6, 6.07) is 9.49. The number of nitrogens with zero attached hydrogens (tertiary/aromatic N) is 1. The van der Waals surface area contributed by atoms with Crippen LogP contribution in [0, 0.1) is 0 Å². The highest BCUT2D eigenvalue weighted by Gasteiger charge is 2.05. The summed E-state index contributed by atoms with van der Waals surface area (Å²) < 4.78 is 50.3. The van der Waals surface area contributed by atoms with Crippen LogP contribution >= 0.6 is 0 Å². The van der Waals surface area contributed by atoms with Crippen molar-refractivity contribution in [2.24, 2.45) is 0 Å². The van der Waals surface area contributed by atoms with E-state index in [4.69, 9.17) is 10.3 Å². The van der Waals surface area contributed by atoms with Gasteiger partial charge in [0.15, 0.2) is 13.6 Å². The van der Waals surface area contributed by atoms with Crippen molar-refractivity contribution in [3.05, 3.63) is 30.3 Å². The van der Waals surface area contributed by atoms with Crippen LogP contribution in [0.25, 0.3) is 0 Å². The fraction of sp³-hybridized carbons (Fsp3) is 0.455. The third-order valence-corrected chi connectivity index (χ3v) is 3.68. The van der Waals surface area contributed by atoms with E-state index in [0.717, 1.165) is 9.63 Å². The number of hydrogen-bond donors (Lipinski definition) is 2. The van der Waals surface area contributed by atoms with Gasteiger partial charge in [-0.15, -0.1) is 12.4 Å². The second-order valence-electron chi connectivity index (χ2n) is 3.97. The lowest BCUT2D eigenvalue weighted by Gasteiger charge is -1.93. The molecule has 1 aromatic rings. The molecular formula is C11H19N2O5S2+. The summed E-state index contributed by atoms with van der Waals surface area (Å²) in [5, 5.41) is 0. The van der Waals surface area contributed by atoms with Crippen molar-refractivity contribution in [3.63, 3.8) is 0 Å². The molecule has 0 fully saturated rings. The van der Waals surface area contributed by atoms with E-state index in [1.165, 1.54) is 7.05 Å². The molecule has 0 aliphatic carbocycles. The van der Waals surface area contributed by atoms with E-state index in [1.54, 1.807) is 0 Å². The molecule has 0 bridgehead atoms. The molecule has 0 saturated carbocycles. The molecule has 0 heterocycles. The smallest absolute Gasteiger partial charge is 0.399 e. The van der Waals surface area contributed by atoms with Gasteiger partial charge in [0.25, 0.3) is 10.1 Å². The molecule has 0 aliphatic rings. The number of anilines is 1. The molecule has 0 saturated heterocycles. The first kappa shape index (κ1) is 18.6. The molecule has 1 aromatic carbocycles. The summed E-state index contributed by atoms with van der Waals surface area (Å²) in [5.74, 6) is -0.327. The zero-order chi connectivity index (χ0) is 15.6. The number of benzene rings is 1. The maximum absolute atomic E-state index is 10.2. The Morgan fingerprint density at radius 3 is 2.10 bits per heavy atom. The number of nitrogens with two attached hydrogens (primary N) is 1. The molecule has 7 nitrogen and oxygen atoms in total. The van der Waals surface area contributed by atoms with Crippen LogP contribution in [0.1, 0.15) is 12.8 Å². The van der Waals surface area contributed by atoms with Gasteiger partial charge in [0.2, 0.25) is 0 Å². The van der Waals surface area contributed by atoms with Crippen LogP contribution < -0.4 is 5.73 Å². The first-order valence-electron chi connectivity index (χ1n) is 5.78. The van der Waals surface area contributed by atoms with E-state index in [9.17, 15) is 16.8 Å². The number of rotatable bonds is 5. The van der Waals surface area contributed by atoms with Gasteiger partial charge in [-0.1, -0.05) is 18.2 Å². The Morgan fingerprint density at radius 1 is 1.20 bits per heavy atom. The van der Waals surface area contributed by atoms with E-state index in [-0.39, 0.29) is 18.7 Å². The van der Waals surface area contributed by atoms with Gasteiger partial charge in [-0.2, -0.15) is 8.42 Å². The largest absolute Gasteiger partial charge is 0.458 e. The number of nitrogen functional groups attached to an aromatic ring is 1. The van der Waals surface area contributed by atoms with Crippen molar-refractivity contribution in [3.8, 4) is 0 Å². The number of unbranched alkanes of at least 4 members (excludes halogenated alkanes) is 1. The quantitative estimate of drug-likeness (QED) is 0.355. The van der Waals surface area contributed by atoms with Crippen molar-refractivity contribution in [2.75, 3.05) is 25.1 Å². The van der Waals surface area contributed by atoms with Crippen LogP contribution in [0.2, 0.25) is 0 Å². The monoisotopic (exact) mass is 323 g/mol. The Labute approximate surface area is 120 Å². The molecule has 0 spiro atoms. The van der Waals surface area contributed by atoms with Gasteiger partial charge < -0.3 is 5.73 Å². The van der Waals surface area contributed by atoms with Crippen LogP contribution in [-0.4, -0.2) is 44.7 Å². The maximum Gasteiger partial charge on any atom is 0.458 e. The number of para-hydroxylation sites is 1. The third kappa shape index (κ3) is 11.6. The standard InChI is InChI=1S/C6H7N.C5H11NO5S2/c7-6-4-2-1-3-5-6;1-6(12(7)8)4-2-3-5-13(9,10)11/h1-5H,7H2;2-5H2,1H3/p+1. The van der Waals surface area contributed by atoms with E-state index >= 15 is 0 Å². The van der Waals surface area contributed by atoms with Gasteiger partial charge >= 0.3 is 10.5 Å². The first-order valence-corrected chi connectivity index (χ1v) is 8.42. The van der Waals surface area contributed by atoms with Crippen molar-refractivity contribution in [1.82, 2.24) is 0 Å². The molecule has 9 heteroatoms.